The van der Waals surface area contributed by atoms with Gasteiger partial charge in [0.2, 0.25) is 0 Å². The Bertz CT molecular complexity index is 1170. The molecule has 0 aliphatic rings. The third-order valence-corrected chi connectivity index (χ3v) is 5.51. The second-order valence-corrected chi connectivity index (χ2v) is 7.05. The normalized spacial score (nSPS) is 10.8. The Morgan fingerprint density at radius 3 is 2.68 bits per heavy atom. The first-order chi connectivity index (χ1) is 13.6. The number of benzene rings is 2. The Morgan fingerprint density at radius 2 is 1.89 bits per heavy atom. The van der Waals surface area contributed by atoms with Crippen molar-refractivity contribution in [2.24, 2.45) is 0 Å². The minimum atomic E-state index is -0.232. The second-order valence-electron chi connectivity index (χ2n) is 6.05. The molecular weight excluding hydrogens is 376 g/mol. The molecule has 28 heavy (non-hydrogen) atoms. The van der Waals surface area contributed by atoms with Gasteiger partial charge in [0.15, 0.2) is 11.5 Å². The van der Waals surface area contributed by atoms with Gasteiger partial charge in [0.25, 0.3) is 5.91 Å². The number of rotatable bonds is 5. The van der Waals surface area contributed by atoms with Crippen LogP contribution in [0.4, 0.5) is 0 Å². The summed E-state index contributed by atoms with van der Waals surface area (Å²) in [6.45, 7) is 1.82. The lowest BCUT2D eigenvalue weighted by Gasteiger charge is -2.08. The summed E-state index contributed by atoms with van der Waals surface area (Å²) in [4.78, 5) is 22.2. The maximum atomic E-state index is 12.8. The molecule has 0 spiro atoms. The van der Waals surface area contributed by atoms with Crippen LogP contribution in [-0.4, -0.2) is 34.8 Å². The van der Waals surface area contributed by atoms with E-state index in [-0.39, 0.29) is 5.91 Å². The number of para-hydroxylation sites is 2. The van der Waals surface area contributed by atoms with Gasteiger partial charge in [-0.1, -0.05) is 12.1 Å². The molecule has 4 rings (SSSR count). The van der Waals surface area contributed by atoms with Gasteiger partial charge in [-0.2, -0.15) is 0 Å². The number of hydrogen-bond donors (Lipinski definition) is 1. The van der Waals surface area contributed by atoms with E-state index in [2.05, 4.69) is 15.4 Å². The molecular formula is C20H18N4O3S. The predicted octanol–water partition coefficient (Wildman–Crippen LogP) is 3.87. The fraction of sp³-hybridized carbons (Fsp3) is 0.150. The van der Waals surface area contributed by atoms with Crippen molar-refractivity contribution in [3.8, 4) is 22.1 Å². The highest BCUT2D eigenvalue weighted by Crippen LogP contribution is 2.35. The summed E-state index contributed by atoms with van der Waals surface area (Å²) in [5.74, 6) is 1.03. The maximum absolute atomic E-state index is 12.8. The number of thiazole rings is 1. The molecule has 0 saturated heterocycles. The fourth-order valence-corrected chi connectivity index (χ4v) is 3.86. The second kappa shape index (κ2) is 7.32. The Hall–Kier alpha value is -3.39. The van der Waals surface area contributed by atoms with Crippen molar-refractivity contribution < 1.29 is 14.3 Å². The minimum absolute atomic E-state index is 0.232. The van der Waals surface area contributed by atoms with E-state index < -0.39 is 0 Å². The van der Waals surface area contributed by atoms with Crippen LogP contribution in [0, 0.1) is 6.92 Å². The van der Waals surface area contributed by atoms with E-state index in [0.717, 1.165) is 21.6 Å². The molecule has 8 heteroatoms. The number of nitrogens with zero attached hydrogens (tertiary/aromatic N) is 3. The van der Waals surface area contributed by atoms with Crippen LogP contribution in [0.3, 0.4) is 0 Å². The fourth-order valence-electron chi connectivity index (χ4n) is 2.91. The predicted molar refractivity (Wildman–Crippen MR) is 109 cm³/mol. The number of fused-ring (bicyclic) bond motifs is 1. The van der Waals surface area contributed by atoms with E-state index in [0.29, 0.717) is 22.1 Å². The molecule has 0 atom stereocenters. The highest BCUT2D eigenvalue weighted by Gasteiger charge is 2.18. The van der Waals surface area contributed by atoms with Gasteiger partial charge in [-0.3, -0.25) is 10.2 Å². The molecule has 0 radical (unpaired) electrons. The summed E-state index contributed by atoms with van der Waals surface area (Å²) in [6, 6.07) is 13.2. The average Bonchev–Trinajstić information content (AvgIpc) is 3.31. The first-order valence-corrected chi connectivity index (χ1v) is 9.35. The Morgan fingerprint density at radius 1 is 1.11 bits per heavy atom. The van der Waals surface area contributed by atoms with Crippen LogP contribution < -0.4 is 14.9 Å². The van der Waals surface area contributed by atoms with Crippen molar-refractivity contribution in [1.82, 2.24) is 14.6 Å². The van der Waals surface area contributed by atoms with Gasteiger partial charge in [0, 0.05) is 5.56 Å². The van der Waals surface area contributed by atoms with Gasteiger partial charge in [0.05, 0.1) is 30.9 Å². The molecule has 4 aromatic rings. The summed E-state index contributed by atoms with van der Waals surface area (Å²) in [7, 11) is 3.18. The van der Waals surface area contributed by atoms with Crippen LogP contribution in [0.15, 0.2) is 48.8 Å². The number of aromatic nitrogens is 3. The number of amides is 1. The standard InChI is InChI=1S/C20H18N4O3S/c1-12-18(19(25)23-24-11-21-14-6-4-5-7-15(14)24)28-20(22-12)13-8-9-16(26-2)17(10-13)27-3/h4-11H,1-3H3,(H,23,25). The van der Waals surface area contributed by atoms with Crippen molar-refractivity contribution in [3.05, 3.63) is 59.4 Å². The van der Waals surface area contributed by atoms with Gasteiger partial charge in [-0.25, -0.2) is 14.6 Å². The van der Waals surface area contributed by atoms with Crippen LogP contribution >= 0.6 is 11.3 Å². The molecule has 0 bridgehead atoms. The Kier molecular flexibility index (Phi) is 4.70. The number of imidazole rings is 1. The smallest absolute Gasteiger partial charge is 0.282 e. The molecule has 142 valence electrons. The van der Waals surface area contributed by atoms with Crippen LogP contribution in [0.1, 0.15) is 15.4 Å². The van der Waals surface area contributed by atoms with Crippen LogP contribution in [-0.2, 0) is 0 Å². The summed E-state index contributed by atoms with van der Waals surface area (Å²) < 4.78 is 12.2. The van der Waals surface area contributed by atoms with E-state index in [1.54, 1.807) is 25.2 Å². The zero-order chi connectivity index (χ0) is 19.7. The molecule has 2 heterocycles. The lowest BCUT2D eigenvalue weighted by molar-refractivity contribution is 0.101. The van der Waals surface area contributed by atoms with Crippen molar-refractivity contribution >= 4 is 28.3 Å². The number of carbonyl (C=O) groups excluding carboxylic acids is 1. The topological polar surface area (TPSA) is 78.3 Å². The van der Waals surface area contributed by atoms with Crippen molar-refractivity contribution in [3.63, 3.8) is 0 Å². The minimum Gasteiger partial charge on any atom is -0.493 e. The summed E-state index contributed by atoms with van der Waals surface area (Å²) in [5.41, 5.74) is 6.04. The summed E-state index contributed by atoms with van der Waals surface area (Å²) in [6.07, 6.45) is 1.59. The van der Waals surface area contributed by atoms with Gasteiger partial charge >= 0.3 is 0 Å². The maximum Gasteiger partial charge on any atom is 0.282 e. The lowest BCUT2D eigenvalue weighted by Crippen LogP contribution is -2.21. The molecule has 7 nitrogen and oxygen atoms in total. The summed E-state index contributed by atoms with van der Waals surface area (Å²) >= 11 is 1.33. The molecule has 0 saturated carbocycles. The molecule has 2 aromatic heterocycles. The molecule has 1 N–H and O–H groups in total. The first kappa shape index (κ1) is 18.0. The Labute approximate surface area is 165 Å². The number of nitrogens with one attached hydrogen (secondary N) is 1. The number of hydrogen-bond acceptors (Lipinski definition) is 6. The third-order valence-electron chi connectivity index (χ3n) is 4.31. The van der Waals surface area contributed by atoms with Gasteiger partial charge in [0.1, 0.15) is 16.2 Å². The van der Waals surface area contributed by atoms with E-state index in [9.17, 15) is 4.79 Å². The van der Waals surface area contributed by atoms with Crippen LogP contribution in [0.5, 0.6) is 11.5 Å². The van der Waals surface area contributed by atoms with E-state index in [1.807, 2.05) is 49.4 Å². The van der Waals surface area contributed by atoms with Crippen molar-refractivity contribution in [2.45, 2.75) is 6.92 Å². The Balaban J connectivity index is 1.63. The zero-order valence-electron chi connectivity index (χ0n) is 15.6. The molecule has 0 aliphatic heterocycles. The molecule has 1 amide bonds. The van der Waals surface area contributed by atoms with Crippen molar-refractivity contribution in [1.29, 1.82) is 0 Å². The van der Waals surface area contributed by atoms with Gasteiger partial charge in [-0.05, 0) is 37.3 Å². The third kappa shape index (κ3) is 3.18. The monoisotopic (exact) mass is 394 g/mol. The summed E-state index contributed by atoms with van der Waals surface area (Å²) in [5, 5.41) is 0.735. The molecule has 0 aliphatic carbocycles. The average molecular weight is 394 g/mol. The van der Waals surface area contributed by atoms with Crippen LogP contribution in [0.2, 0.25) is 0 Å². The quantitative estimate of drug-likeness (QED) is 0.556. The molecule has 0 unspecified atom stereocenters. The number of methoxy groups -OCH3 is 2. The van der Waals surface area contributed by atoms with E-state index >= 15 is 0 Å². The van der Waals surface area contributed by atoms with E-state index in [1.165, 1.54) is 11.3 Å². The highest BCUT2D eigenvalue weighted by molar-refractivity contribution is 7.17. The van der Waals surface area contributed by atoms with Gasteiger partial charge in [-0.15, -0.1) is 11.3 Å². The van der Waals surface area contributed by atoms with Crippen molar-refractivity contribution in [2.75, 3.05) is 19.6 Å². The van der Waals surface area contributed by atoms with E-state index in [4.69, 9.17) is 9.47 Å². The lowest BCUT2D eigenvalue weighted by atomic mass is 10.2. The number of carbonyl (C=O) groups is 1. The van der Waals surface area contributed by atoms with Crippen LogP contribution in [0.25, 0.3) is 21.6 Å². The van der Waals surface area contributed by atoms with Gasteiger partial charge < -0.3 is 9.47 Å². The first-order valence-electron chi connectivity index (χ1n) is 8.54. The zero-order valence-corrected chi connectivity index (χ0v) is 16.4. The largest absolute Gasteiger partial charge is 0.493 e. The molecule has 0 fully saturated rings. The number of ether oxygens (including phenoxy) is 2. The SMILES string of the molecule is COc1ccc(-c2nc(C)c(C(=O)Nn3cnc4ccccc43)s2)cc1OC. The molecule has 2 aromatic carbocycles. The number of aryl methyl sites for hydroxylation is 1. The highest BCUT2D eigenvalue weighted by atomic mass is 32.1.